The predicted octanol–water partition coefficient (Wildman–Crippen LogP) is 3.33. The Morgan fingerprint density at radius 3 is 2.65 bits per heavy atom. The van der Waals surface area contributed by atoms with E-state index in [1.165, 1.54) is 24.3 Å². The van der Waals surface area contributed by atoms with E-state index in [1.807, 2.05) is 0 Å². The van der Waals surface area contributed by atoms with Crippen molar-refractivity contribution in [3.8, 4) is 0 Å². The van der Waals surface area contributed by atoms with Gasteiger partial charge in [-0.2, -0.15) is 0 Å². The van der Waals surface area contributed by atoms with Crippen LogP contribution in [-0.2, 0) is 11.2 Å². The van der Waals surface area contributed by atoms with Crippen LogP contribution >= 0.6 is 0 Å². The molecule has 20 heavy (non-hydrogen) atoms. The second-order valence-electron chi connectivity index (χ2n) is 4.31. The van der Waals surface area contributed by atoms with Crippen molar-refractivity contribution in [1.29, 1.82) is 0 Å². The Labute approximate surface area is 117 Å². The summed E-state index contributed by atoms with van der Waals surface area (Å²) in [5.41, 5.74) is 0.699. The summed E-state index contributed by atoms with van der Waals surface area (Å²) in [6, 6.07) is 10.7. The third kappa shape index (κ3) is 2.01. The van der Waals surface area contributed by atoms with Crippen molar-refractivity contribution >= 4 is 29.0 Å². The number of rotatable bonds is 1. The summed E-state index contributed by atoms with van der Waals surface area (Å²) in [7, 11) is 0. The molecular formula is C15H9FO3S. The largest absolute Gasteiger partial charge is 0.606 e. The maximum Gasteiger partial charge on any atom is 0.335 e. The van der Waals surface area contributed by atoms with Gasteiger partial charge in [0, 0.05) is 22.8 Å². The molecule has 0 spiro atoms. The van der Waals surface area contributed by atoms with Crippen LogP contribution in [0.1, 0.15) is 21.5 Å². The van der Waals surface area contributed by atoms with Crippen molar-refractivity contribution < 1.29 is 18.8 Å². The van der Waals surface area contributed by atoms with Crippen LogP contribution in [0.2, 0.25) is 0 Å². The highest BCUT2D eigenvalue weighted by Crippen LogP contribution is 2.36. The number of halogens is 1. The van der Waals surface area contributed by atoms with Crippen molar-refractivity contribution in [2.75, 3.05) is 0 Å². The fraction of sp³-hybridized carbons (Fsp3) is 0. The summed E-state index contributed by atoms with van der Waals surface area (Å²) in [6.45, 7) is 0. The van der Waals surface area contributed by atoms with E-state index in [2.05, 4.69) is 0 Å². The molecule has 1 N–H and O–H groups in total. The van der Waals surface area contributed by atoms with Crippen molar-refractivity contribution in [3.63, 3.8) is 0 Å². The quantitative estimate of drug-likeness (QED) is 0.819. The topological polar surface area (TPSA) is 60.4 Å². The molecule has 100 valence electrons. The van der Waals surface area contributed by atoms with E-state index in [0.29, 0.717) is 10.5 Å². The van der Waals surface area contributed by atoms with Crippen LogP contribution in [0.5, 0.6) is 0 Å². The van der Waals surface area contributed by atoms with Gasteiger partial charge in [0.25, 0.3) is 0 Å². The monoisotopic (exact) mass is 288 g/mol. The lowest BCUT2D eigenvalue weighted by Gasteiger charge is -2.12. The van der Waals surface area contributed by atoms with E-state index in [-0.39, 0.29) is 16.0 Å². The minimum Gasteiger partial charge on any atom is -0.606 e. The van der Waals surface area contributed by atoms with Crippen LogP contribution in [0.4, 0.5) is 4.39 Å². The van der Waals surface area contributed by atoms with Crippen LogP contribution in [0, 0.1) is 0 Å². The molecule has 2 aromatic carbocycles. The molecule has 0 amide bonds. The molecule has 1 unspecified atom stereocenters. The first kappa shape index (κ1) is 12.9. The lowest BCUT2D eigenvalue weighted by atomic mass is 10.1. The number of hydrogen-bond donors (Lipinski definition) is 1. The number of aromatic carboxylic acids is 1. The van der Waals surface area contributed by atoms with E-state index >= 15 is 0 Å². The second kappa shape index (κ2) is 4.77. The predicted molar refractivity (Wildman–Crippen MR) is 73.5 cm³/mol. The van der Waals surface area contributed by atoms with Gasteiger partial charge >= 0.3 is 5.97 Å². The maximum atomic E-state index is 14.2. The molecule has 3 rings (SSSR count). The van der Waals surface area contributed by atoms with E-state index in [9.17, 15) is 13.7 Å². The molecule has 0 aliphatic carbocycles. The Bertz CT molecular complexity index is 740. The number of hydrogen-bond acceptors (Lipinski definition) is 2. The standard InChI is InChI=1S/C15H9FO3S/c16-12-7-9-3-1-2-4-13(9)20(19)14-8-10(15(17)18)5-6-11(12)14/h1-8H,(H,17,18). The summed E-state index contributed by atoms with van der Waals surface area (Å²) < 4.78 is 26.8. The van der Waals surface area contributed by atoms with Gasteiger partial charge in [0.1, 0.15) is 5.83 Å². The molecule has 2 aromatic rings. The van der Waals surface area contributed by atoms with Gasteiger partial charge in [0.15, 0.2) is 9.79 Å². The number of benzene rings is 2. The summed E-state index contributed by atoms with van der Waals surface area (Å²) in [6.07, 6.45) is 1.32. The Balaban J connectivity index is 2.27. The first-order valence-electron chi connectivity index (χ1n) is 5.83. The van der Waals surface area contributed by atoms with Crippen molar-refractivity contribution in [1.82, 2.24) is 0 Å². The van der Waals surface area contributed by atoms with Gasteiger partial charge < -0.3 is 9.66 Å². The SMILES string of the molecule is O=C(O)c1ccc2c(c1)[S+]([O-])c1ccccc1C=C2F. The third-order valence-electron chi connectivity index (χ3n) is 3.09. The van der Waals surface area contributed by atoms with Crippen LogP contribution < -0.4 is 0 Å². The Hall–Kier alpha value is -2.11. The highest BCUT2D eigenvalue weighted by molar-refractivity contribution is 7.91. The molecule has 1 aliphatic rings. The van der Waals surface area contributed by atoms with Gasteiger partial charge in [-0.1, -0.05) is 12.1 Å². The third-order valence-corrected chi connectivity index (χ3v) is 4.60. The van der Waals surface area contributed by atoms with Gasteiger partial charge in [0.2, 0.25) is 0 Å². The molecule has 1 atom stereocenters. The van der Waals surface area contributed by atoms with Gasteiger partial charge in [-0.15, -0.1) is 0 Å². The van der Waals surface area contributed by atoms with Crippen LogP contribution in [0.25, 0.3) is 11.9 Å². The molecule has 1 aliphatic heterocycles. The van der Waals surface area contributed by atoms with E-state index in [4.69, 9.17) is 5.11 Å². The number of fused-ring (bicyclic) bond motifs is 2. The Morgan fingerprint density at radius 2 is 1.90 bits per heavy atom. The van der Waals surface area contributed by atoms with E-state index in [1.54, 1.807) is 24.3 Å². The average molecular weight is 288 g/mol. The van der Waals surface area contributed by atoms with Crippen LogP contribution in [0.3, 0.4) is 0 Å². The first-order chi connectivity index (χ1) is 9.58. The zero-order valence-electron chi connectivity index (χ0n) is 10.2. The molecule has 1 heterocycles. The van der Waals surface area contributed by atoms with Crippen molar-refractivity contribution in [3.05, 3.63) is 59.2 Å². The fourth-order valence-electron chi connectivity index (χ4n) is 2.11. The summed E-state index contributed by atoms with van der Waals surface area (Å²) in [5.74, 6) is -1.65. The maximum absolute atomic E-state index is 14.2. The van der Waals surface area contributed by atoms with Crippen molar-refractivity contribution in [2.24, 2.45) is 0 Å². The molecule has 0 aromatic heterocycles. The smallest absolute Gasteiger partial charge is 0.335 e. The summed E-state index contributed by atoms with van der Waals surface area (Å²) in [5, 5.41) is 9.00. The Kier molecular flexibility index (Phi) is 3.08. The number of carbonyl (C=O) groups is 1. The summed E-state index contributed by atoms with van der Waals surface area (Å²) >= 11 is -1.61. The lowest BCUT2D eigenvalue weighted by molar-refractivity contribution is 0.0696. The van der Waals surface area contributed by atoms with Crippen LogP contribution in [-0.4, -0.2) is 15.6 Å². The van der Waals surface area contributed by atoms with Crippen molar-refractivity contribution in [2.45, 2.75) is 9.79 Å². The molecular weight excluding hydrogens is 279 g/mol. The van der Waals surface area contributed by atoms with Gasteiger partial charge in [-0.3, -0.25) is 0 Å². The molecule has 0 radical (unpaired) electrons. The number of carboxylic acids is 1. The first-order valence-corrected chi connectivity index (χ1v) is 6.98. The highest BCUT2D eigenvalue weighted by atomic mass is 32.2. The van der Waals surface area contributed by atoms with E-state index in [0.717, 1.165) is 0 Å². The second-order valence-corrected chi connectivity index (χ2v) is 5.73. The van der Waals surface area contributed by atoms with Gasteiger partial charge in [0.05, 0.1) is 11.1 Å². The molecule has 0 saturated heterocycles. The molecule has 0 fully saturated rings. The fourth-order valence-corrected chi connectivity index (χ4v) is 3.49. The minimum atomic E-state index is -1.61. The van der Waals surface area contributed by atoms with Gasteiger partial charge in [-0.05, 0) is 30.3 Å². The number of carboxylic acid groups (broad SMARTS) is 1. The van der Waals surface area contributed by atoms with Gasteiger partial charge in [-0.25, -0.2) is 9.18 Å². The molecule has 0 bridgehead atoms. The normalized spacial score (nSPS) is 16.7. The van der Waals surface area contributed by atoms with E-state index < -0.39 is 23.0 Å². The average Bonchev–Trinajstić information content (AvgIpc) is 2.55. The zero-order chi connectivity index (χ0) is 14.3. The summed E-state index contributed by atoms with van der Waals surface area (Å²) in [4.78, 5) is 11.7. The van der Waals surface area contributed by atoms with Crippen LogP contribution in [0.15, 0.2) is 52.3 Å². The molecule has 5 heteroatoms. The molecule has 3 nitrogen and oxygen atoms in total. The highest BCUT2D eigenvalue weighted by Gasteiger charge is 2.28. The molecule has 0 saturated carbocycles. The Morgan fingerprint density at radius 1 is 1.15 bits per heavy atom. The zero-order valence-corrected chi connectivity index (χ0v) is 11.0. The lowest BCUT2D eigenvalue weighted by Crippen LogP contribution is -2.07. The minimum absolute atomic E-state index is 0.00992.